The van der Waals surface area contributed by atoms with Crippen molar-refractivity contribution in [2.45, 2.75) is 18.5 Å². The van der Waals surface area contributed by atoms with Crippen LogP contribution in [0.15, 0.2) is 43.1 Å². The van der Waals surface area contributed by atoms with Gasteiger partial charge in [0.1, 0.15) is 11.5 Å². The van der Waals surface area contributed by atoms with Crippen molar-refractivity contribution in [1.82, 2.24) is 14.9 Å². The molecular weight excluding hydrogens is 479 g/mol. The second-order valence-electron chi connectivity index (χ2n) is 7.86. The zero-order chi connectivity index (χ0) is 24.4. The highest BCUT2D eigenvalue weighted by molar-refractivity contribution is 6.41. The number of likely N-dealkylation sites (tertiary alicyclic amines) is 1. The highest BCUT2D eigenvalue weighted by Gasteiger charge is 2.34. The van der Waals surface area contributed by atoms with Crippen LogP contribution in [0.5, 0.6) is 11.5 Å². The third kappa shape index (κ3) is 4.49. The number of hydrogen-bond acceptors (Lipinski definition) is 7. The van der Waals surface area contributed by atoms with Crippen LogP contribution in [0.25, 0.3) is 22.0 Å². The number of carbonyl (C=O) groups is 1. The average molecular weight is 503 g/mol. The molecule has 2 N–H and O–H groups in total. The summed E-state index contributed by atoms with van der Waals surface area (Å²) >= 11 is 13.1. The van der Waals surface area contributed by atoms with Crippen LogP contribution in [0, 0.1) is 0 Å². The summed E-state index contributed by atoms with van der Waals surface area (Å²) in [4.78, 5) is 22.7. The normalized spacial score (nSPS) is 17.6. The van der Waals surface area contributed by atoms with Crippen molar-refractivity contribution in [3.63, 3.8) is 0 Å². The number of aromatic nitrogens is 2. The van der Waals surface area contributed by atoms with E-state index in [0.29, 0.717) is 46.0 Å². The van der Waals surface area contributed by atoms with E-state index >= 15 is 0 Å². The smallest absolute Gasteiger partial charge is 0.246 e. The number of nitrogens with one attached hydrogen (secondary N) is 1. The predicted octanol–water partition coefficient (Wildman–Crippen LogP) is 4.18. The fraction of sp³-hybridized carbons (Fsp3) is 0.292. The van der Waals surface area contributed by atoms with Crippen LogP contribution >= 0.6 is 23.2 Å². The monoisotopic (exact) mass is 502 g/mol. The van der Waals surface area contributed by atoms with Gasteiger partial charge >= 0.3 is 0 Å². The Morgan fingerprint density at radius 2 is 1.97 bits per heavy atom. The van der Waals surface area contributed by atoms with Gasteiger partial charge in [0.25, 0.3) is 0 Å². The molecule has 1 aromatic heterocycles. The first kappa shape index (κ1) is 24.1. The predicted molar refractivity (Wildman–Crippen MR) is 133 cm³/mol. The minimum Gasteiger partial charge on any atom is -0.495 e. The van der Waals surface area contributed by atoms with Gasteiger partial charge in [-0.25, -0.2) is 9.97 Å². The minimum atomic E-state index is -0.264. The molecule has 0 spiro atoms. The Bertz CT molecular complexity index is 1230. The fourth-order valence-corrected chi connectivity index (χ4v) is 4.88. The molecule has 0 radical (unpaired) electrons. The molecule has 8 nitrogen and oxygen atoms in total. The molecule has 1 aliphatic heterocycles. The van der Waals surface area contributed by atoms with Crippen LogP contribution in [0.4, 0.5) is 5.95 Å². The van der Waals surface area contributed by atoms with Crippen molar-refractivity contribution < 1.29 is 19.4 Å². The highest BCUT2D eigenvalue weighted by atomic mass is 35.5. The number of hydrogen-bond donors (Lipinski definition) is 2. The summed E-state index contributed by atoms with van der Waals surface area (Å²) in [5, 5.41) is 14.4. The Morgan fingerprint density at radius 3 is 2.59 bits per heavy atom. The van der Waals surface area contributed by atoms with Gasteiger partial charge < -0.3 is 24.8 Å². The van der Waals surface area contributed by atoms with Crippen LogP contribution in [-0.4, -0.2) is 65.3 Å². The van der Waals surface area contributed by atoms with Crippen LogP contribution < -0.4 is 14.8 Å². The molecule has 0 aliphatic carbocycles. The number of amides is 1. The second-order valence-corrected chi connectivity index (χ2v) is 8.62. The molecule has 1 fully saturated rings. The number of carbonyl (C=O) groups excluding carboxylic acids is 1. The standard InChI is InChI=1S/C24H24Cl2N4O4/c1-4-20(32)30-11-15(8-16(30)12-31)28-24-27-10-14-7-13(5-6-17(14)29-24)21-22(25)18(33-2)9-19(34-3)23(21)26/h4-7,9-10,15-16,31H,1,8,11-12H2,2-3H3,(H,27,28,29)/t15?,16-/m0/s1. The second kappa shape index (κ2) is 10.0. The zero-order valence-corrected chi connectivity index (χ0v) is 20.2. The maximum atomic E-state index is 12.0. The van der Waals surface area contributed by atoms with Gasteiger partial charge in [-0.1, -0.05) is 35.8 Å². The van der Waals surface area contributed by atoms with E-state index < -0.39 is 0 Å². The summed E-state index contributed by atoms with van der Waals surface area (Å²) in [6.45, 7) is 3.85. The van der Waals surface area contributed by atoms with Crippen molar-refractivity contribution in [1.29, 1.82) is 0 Å². The molecular formula is C24H24Cl2N4O4. The molecule has 4 rings (SSSR count). The lowest BCUT2D eigenvalue weighted by molar-refractivity contribution is -0.127. The average Bonchev–Trinajstić information content (AvgIpc) is 3.26. The number of rotatable bonds is 7. The van der Waals surface area contributed by atoms with Crippen LogP contribution in [0.2, 0.25) is 10.0 Å². The van der Waals surface area contributed by atoms with Crippen LogP contribution in [-0.2, 0) is 4.79 Å². The number of fused-ring (bicyclic) bond motifs is 1. The number of methoxy groups -OCH3 is 2. The fourth-order valence-electron chi connectivity index (χ4n) is 4.16. The molecule has 34 heavy (non-hydrogen) atoms. The van der Waals surface area contributed by atoms with Gasteiger partial charge in [-0.15, -0.1) is 0 Å². The lowest BCUT2D eigenvalue weighted by atomic mass is 10.0. The van der Waals surface area contributed by atoms with Crippen molar-refractivity contribution in [3.8, 4) is 22.6 Å². The lowest BCUT2D eigenvalue weighted by Crippen LogP contribution is -2.37. The van der Waals surface area contributed by atoms with E-state index in [1.165, 1.54) is 20.3 Å². The Kier molecular flexibility index (Phi) is 7.11. The van der Waals surface area contributed by atoms with E-state index in [1.54, 1.807) is 17.2 Å². The molecule has 2 heterocycles. The first-order valence-electron chi connectivity index (χ1n) is 10.6. The van der Waals surface area contributed by atoms with Gasteiger partial charge in [0.2, 0.25) is 11.9 Å². The third-order valence-electron chi connectivity index (χ3n) is 5.86. The Hall–Kier alpha value is -3.07. The van der Waals surface area contributed by atoms with Gasteiger partial charge in [-0.05, 0) is 30.2 Å². The van der Waals surface area contributed by atoms with Crippen molar-refractivity contribution in [2.75, 3.05) is 32.7 Å². The number of ether oxygens (including phenoxy) is 2. The van der Waals surface area contributed by atoms with Gasteiger partial charge in [0, 0.05) is 35.8 Å². The maximum Gasteiger partial charge on any atom is 0.246 e. The lowest BCUT2D eigenvalue weighted by Gasteiger charge is -2.20. The topological polar surface area (TPSA) is 96.8 Å². The number of aliphatic hydroxyl groups is 1. The number of anilines is 1. The molecule has 1 unspecified atom stereocenters. The number of benzene rings is 2. The first-order valence-corrected chi connectivity index (χ1v) is 11.3. The molecule has 10 heteroatoms. The quantitative estimate of drug-likeness (QED) is 0.467. The molecule has 3 aromatic rings. The van der Waals surface area contributed by atoms with E-state index in [1.807, 2.05) is 18.2 Å². The number of nitrogens with zero attached hydrogens (tertiary/aromatic N) is 3. The summed E-state index contributed by atoms with van der Waals surface area (Å²) in [5.74, 6) is 1.14. The summed E-state index contributed by atoms with van der Waals surface area (Å²) in [6, 6.07) is 6.92. The van der Waals surface area contributed by atoms with Crippen molar-refractivity contribution >= 4 is 46.0 Å². The molecule has 0 saturated carbocycles. The van der Waals surface area contributed by atoms with E-state index in [2.05, 4.69) is 21.9 Å². The summed E-state index contributed by atoms with van der Waals surface area (Å²) in [5.41, 5.74) is 2.08. The van der Waals surface area contributed by atoms with Crippen LogP contribution in [0.3, 0.4) is 0 Å². The Morgan fingerprint density at radius 1 is 1.26 bits per heavy atom. The van der Waals surface area contributed by atoms with Crippen LogP contribution in [0.1, 0.15) is 6.42 Å². The van der Waals surface area contributed by atoms with Crippen molar-refractivity contribution in [2.24, 2.45) is 0 Å². The van der Waals surface area contributed by atoms with Crippen molar-refractivity contribution in [3.05, 3.63) is 53.2 Å². The van der Waals surface area contributed by atoms with Gasteiger partial charge in [0.15, 0.2) is 0 Å². The Balaban J connectivity index is 1.62. The Labute approximate surface area is 207 Å². The summed E-state index contributed by atoms with van der Waals surface area (Å²) in [6.07, 6.45) is 3.55. The SMILES string of the molecule is C=CC(=O)N1CC(Nc2ncc3cc(-c4c(Cl)c(OC)cc(OC)c4Cl)ccc3n2)C[C@H]1CO. The summed E-state index contributed by atoms with van der Waals surface area (Å²) < 4.78 is 10.7. The molecule has 1 aliphatic rings. The van der Waals surface area contributed by atoms with E-state index in [9.17, 15) is 9.90 Å². The number of aliphatic hydroxyl groups excluding tert-OH is 1. The molecule has 0 bridgehead atoms. The largest absolute Gasteiger partial charge is 0.495 e. The highest BCUT2D eigenvalue weighted by Crippen LogP contribution is 2.46. The first-order chi connectivity index (χ1) is 16.4. The molecule has 178 valence electrons. The van der Waals surface area contributed by atoms with Gasteiger partial charge in [-0.3, -0.25) is 4.79 Å². The molecule has 1 saturated heterocycles. The van der Waals surface area contributed by atoms with Gasteiger partial charge in [-0.2, -0.15) is 0 Å². The molecule has 1 amide bonds. The van der Waals surface area contributed by atoms with E-state index in [0.717, 1.165) is 16.5 Å². The molecule has 2 aromatic carbocycles. The third-order valence-corrected chi connectivity index (χ3v) is 6.61. The van der Waals surface area contributed by atoms with E-state index in [4.69, 9.17) is 32.7 Å². The van der Waals surface area contributed by atoms with Gasteiger partial charge in [0.05, 0.1) is 42.4 Å². The maximum absolute atomic E-state index is 12.0. The van der Waals surface area contributed by atoms with E-state index in [-0.39, 0.29) is 24.6 Å². The zero-order valence-electron chi connectivity index (χ0n) is 18.7. The number of halogens is 2. The summed E-state index contributed by atoms with van der Waals surface area (Å²) in [7, 11) is 3.06. The minimum absolute atomic E-state index is 0.0837. The molecule has 2 atom stereocenters.